The Bertz CT molecular complexity index is 284. The minimum absolute atomic E-state index is 0.178. The van der Waals surface area contributed by atoms with Crippen molar-refractivity contribution in [3.05, 3.63) is 0 Å². The van der Waals surface area contributed by atoms with E-state index in [0.717, 1.165) is 0 Å². The van der Waals surface area contributed by atoms with Gasteiger partial charge in [0.1, 0.15) is 6.10 Å². The van der Waals surface area contributed by atoms with E-state index in [9.17, 15) is 14.4 Å². The van der Waals surface area contributed by atoms with Crippen molar-refractivity contribution in [1.29, 1.82) is 0 Å². The lowest BCUT2D eigenvalue weighted by atomic mass is 9.93. The Hall–Kier alpha value is -1.39. The highest BCUT2D eigenvalue weighted by Gasteiger charge is 2.36. The van der Waals surface area contributed by atoms with Crippen molar-refractivity contribution in [3.63, 3.8) is 0 Å². The summed E-state index contributed by atoms with van der Waals surface area (Å²) in [5.74, 6) is -1.18. The lowest BCUT2D eigenvalue weighted by molar-refractivity contribution is -0.172. The molecule has 1 aliphatic carbocycles. The highest BCUT2D eigenvalue weighted by atomic mass is 16.6. The predicted molar refractivity (Wildman–Crippen MR) is 50.0 cm³/mol. The van der Waals surface area contributed by atoms with Crippen LogP contribution < -0.4 is 0 Å². The molecule has 1 rings (SSSR count). The van der Waals surface area contributed by atoms with Gasteiger partial charge in [-0.3, -0.25) is 14.4 Å². The quantitative estimate of drug-likeness (QED) is 0.629. The second-order valence-electron chi connectivity index (χ2n) is 3.54. The van der Waals surface area contributed by atoms with Crippen LogP contribution in [0.4, 0.5) is 0 Å². The highest BCUT2D eigenvalue weighted by molar-refractivity contribution is 5.87. The molecule has 0 N–H and O–H groups in total. The van der Waals surface area contributed by atoms with Crippen LogP contribution in [-0.2, 0) is 23.9 Å². The third kappa shape index (κ3) is 3.34. The molecule has 0 aromatic heterocycles. The lowest BCUT2D eigenvalue weighted by Crippen LogP contribution is -2.43. The molecule has 1 aliphatic rings. The Morgan fingerprint density at radius 1 is 1.20 bits per heavy atom. The zero-order valence-electron chi connectivity index (χ0n) is 8.82. The molecule has 0 amide bonds. The van der Waals surface area contributed by atoms with Crippen LogP contribution in [0.2, 0.25) is 0 Å². The normalized spacial score (nSPS) is 25.9. The molecule has 84 valence electrons. The Labute approximate surface area is 87.7 Å². The largest absolute Gasteiger partial charge is 0.458 e. The summed E-state index contributed by atoms with van der Waals surface area (Å²) >= 11 is 0. The number of carbonyl (C=O) groups excluding carboxylic acids is 3. The van der Waals surface area contributed by atoms with Gasteiger partial charge in [0.2, 0.25) is 0 Å². The zero-order valence-corrected chi connectivity index (χ0v) is 8.82. The molecule has 0 aliphatic heterocycles. The fourth-order valence-electron chi connectivity index (χ4n) is 1.63. The van der Waals surface area contributed by atoms with Gasteiger partial charge in [0.15, 0.2) is 11.9 Å². The van der Waals surface area contributed by atoms with Gasteiger partial charge in [0.25, 0.3) is 0 Å². The zero-order chi connectivity index (χ0) is 11.4. The first-order valence-corrected chi connectivity index (χ1v) is 4.88. The standard InChI is InChI=1S/C10H14O5/c1-6(11)14-9-5-3-4-8(13)10(9)15-7(2)12/h9-10H,3-5H2,1-2H3/t9-,10-/m1/s1. The molecule has 0 heterocycles. The minimum atomic E-state index is -0.917. The van der Waals surface area contributed by atoms with Crippen LogP contribution in [0.25, 0.3) is 0 Å². The van der Waals surface area contributed by atoms with Crippen molar-refractivity contribution in [2.75, 3.05) is 0 Å². The molecule has 5 heteroatoms. The first-order valence-electron chi connectivity index (χ1n) is 4.88. The average molecular weight is 214 g/mol. The summed E-state index contributed by atoms with van der Waals surface area (Å²) in [4.78, 5) is 33.0. The van der Waals surface area contributed by atoms with Gasteiger partial charge in [-0.05, 0) is 12.8 Å². The number of ether oxygens (including phenoxy) is 2. The van der Waals surface area contributed by atoms with Crippen molar-refractivity contribution < 1.29 is 23.9 Å². The van der Waals surface area contributed by atoms with E-state index in [0.29, 0.717) is 19.3 Å². The van der Waals surface area contributed by atoms with E-state index in [1.165, 1.54) is 13.8 Å². The third-order valence-electron chi connectivity index (χ3n) is 2.18. The summed E-state index contributed by atoms with van der Waals surface area (Å²) in [5.41, 5.74) is 0. The van der Waals surface area contributed by atoms with Crippen LogP contribution in [0.1, 0.15) is 33.1 Å². The SMILES string of the molecule is CC(=O)O[C@@H]1C(=O)CCC[C@H]1OC(C)=O. The maximum atomic E-state index is 11.5. The van der Waals surface area contributed by atoms with Gasteiger partial charge in [0.05, 0.1) is 0 Å². The fraction of sp³-hybridized carbons (Fsp3) is 0.700. The van der Waals surface area contributed by atoms with Crippen molar-refractivity contribution in [3.8, 4) is 0 Å². The van der Waals surface area contributed by atoms with Crippen molar-refractivity contribution in [2.45, 2.75) is 45.3 Å². The van der Waals surface area contributed by atoms with E-state index in [-0.39, 0.29) is 5.78 Å². The smallest absolute Gasteiger partial charge is 0.303 e. The molecule has 2 atom stereocenters. The van der Waals surface area contributed by atoms with Gasteiger partial charge in [0, 0.05) is 20.3 Å². The van der Waals surface area contributed by atoms with Gasteiger partial charge < -0.3 is 9.47 Å². The molecule has 0 spiro atoms. The summed E-state index contributed by atoms with van der Waals surface area (Å²) in [6.45, 7) is 2.50. The van der Waals surface area contributed by atoms with Crippen LogP contribution in [0.5, 0.6) is 0 Å². The number of carbonyl (C=O) groups is 3. The monoisotopic (exact) mass is 214 g/mol. The first kappa shape index (κ1) is 11.7. The molecule has 1 fully saturated rings. The molecule has 0 bridgehead atoms. The number of hydrogen-bond donors (Lipinski definition) is 0. The molecular weight excluding hydrogens is 200 g/mol. The highest BCUT2D eigenvalue weighted by Crippen LogP contribution is 2.21. The topological polar surface area (TPSA) is 69.7 Å². The maximum Gasteiger partial charge on any atom is 0.303 e. The lowest BCUT2D eigenvalue weighted by Gasteiger charge is -2.28. The second kappa shape index (κ2) is 4.91. The van der Waals surface area contributed by atoms with Crippen LogP contribution >= 0.6 is 0 Å². The molecule has 5 nitrogen and oxygen atoms in total. The van der Waals surface area contributed by atoms with Crippen LogP contribution in [0, 0.1) is 0 Å². The molecule has 0 unspecified atom stereocenters. The Morgan fingerprint density at radius 2 is 1.80 bits per heavy atom. The van der Waals surface area contributed by atoms with Gasteiger partial charge in [-0.2, -0.15) is 0 Å². The Kier molecular flexibility index (Phi) is 3.82. The molecule has 0 radical (unpaired) electrons. The number of esters is 2. The van der Waals surface area contributed by atoms with Crippen molar-refractivity contribution in [1.82, 2.24) is 0 Å². The molecule has 0 saturated heterocycles. The third-order valence-corrected chi connectivity index (χ3v) is 2.18. The molecular formula is C10H14O5. The van der Waals surface area contributed by atoms with E-state index < -0.39 is 24.1 Å². The number of Topliss-reactive ketones (excluding diaryl/α,β-unsaturated/α-hetero) is 1. The summed E-state index contributed by atoms with van der Waals surface area (Å²) in [6, 6.07) is 0. The average Bonchev–Trinajstić information content (AvgIpc) is 2.09. The number of ketones is 1. The summed E-state index contributed by atoms with van der Waals surface area (Å²) in [6.07, 6.45) is 0.0564. The summed E-state index contributed by atoms with van der Waals surface area (Å²) in [5, 5.41) is 0. The number of rotatable bonds is 2. The van der Waals surface area contributed by atoms with Gasteiger partial charge in [-0.25, -0.2) is 0 Å². The molecule has 0 aromatic rings. The van der Waals surface area contributed by atoms with E-state index >= 15 is 0 Å². The first-order chi connectivity index (χ1) is 7.00. The molecule has 1 saturated carbocycles. The van der Waals surface area contributed by atoms with E-state index in [4.69, 9.17) is 9.47 Å². The fourth-order valence-corrected chi connectivity index (χ4v) is 1.63. The maximum absolute atomic E-state index is 11.5. The summed E-state index contributed by atoms with van der Waals surface area (Å²) < 4.78 is 9.79. The van der Waals surface area contributed by atoms with Crippen LogP contribution in [0.3, 0.4) is 0 Å². The van der Waals surface area contributed by atoms with Crippen LogP contribution in [0.15, 0.2) is 0 Å². The second-order valence-corrected chi connectivity index (χ2v) is 3.54. The predicted octanol–water partition coefficient (Wildman–Crippen LogP) is 0.603. The van der Waals surface area contributed by atoms with Gasteiger partial charge >= 0.3 is 11.9 Å². The van der Waals surface area contributed by atoms with Gasteiger partial charge in [-0.15, -0.1) is 0 Å². The van der Waals surface area contributed by atoms with E-state index in [1.807, 2.05) is 0 Å². The number of hydrogen-bond acceptors (Lipinski definition) is 5. The Morgan fingerprint density at radius 3 is 2.33 bits per heavy atom. The summed E-state index contributed by atoms with van der Waals surface area (Å²) in [7, 11) is 0. The van der Waals surface area contributed by atoms with E-state index in [2.05, 4.69) is 0 Å². The van der Waals surface area contributed by atoms with Crippen molar-refractivity contribution >= 4 is 17.7 Å². The van der Waals surface area contributed by atoms with Gasteiger partial charge in [-0.1, -0.05) is 0 Å². The van der Waals surface area contributed by atoms with E-state index in [1.54, 1.807) is 0 Å². The molecule has 0 aromatic carbocycles. The van der Waals surface area contributed by atoms with Crippen molar-refractivity contribution in [2.24, 2.45) is 0 Å². The van der Waals surface area contributed by atoms with Crippen LogP contribution in [-0.4, -0.2) is 29.9 Å². The minimum Gasteiger partial charge on any atom is -0.458 e. The Balaban J connectivity index is 2.67. The molecule has 15 heavy (non-hydrogen) atoms.